The summed E-state index contributed by atoms with van der Waals surface area (Å²) in [5.41, 5.74) is 0. The molecule has 2 fully saturated rings. The summed E-state index contributed by atoms with van der Waals surface area (Å²) in [5, 5.41) is 9.46. The highest BCUT2D eigenvalue weighted by molar-refractivity contribution is 4.84. The number of ether oxygens (including phenoxy) is 1. The van der Waals surface area contributed by atoms with Gasteiger partial charge in [0.2, 0.25) is 0 Å². The van der Waals surface area contributed by atoms with Crippen molar-refractivity contribution in [3.8, 4) is 0 Å². The average molecular weight is 185 g/mol. The van der Waals surface area contributed by atoms with Gasteiger partial charge in [-0.15, -0.1) is 0 Å². The summed E-state index contributed by atoms with van der Waals surface area (Å²) in [7, 11) is 0. The molecule has 2 rings (SSSR count). The average Bonchev–Trinajstić information content (AvgIpc) is 2.63. The minimum atomic E-state index is -0.114. The van der Waals surface area contributed by atoms with Crippen molar-refractivity contribution in [2.75, 3.05) is 19.7 Å². The maximum Gasteiger partial charge on any atom is 0.0702 e. The van der Waals surface area contributed by atoms with E-state index in [0.29, 0.717) is 12.1 Å². The van der Waals surface area contributed by atoms with Gasteiger partial charge in [0, 0.05) is 25.7 Å². The second-order valence-corrected chi connectivity index (χ2v) is 4.33. The normalized spacial score (nSPS) is 41.5. The minimum absolute atomic E-state index is 0.114. The number of likely N-dealkylation sites (tertiary alicyclic amines) is 1. The van der Waals surface area contributed by atoms with Gasteiger partial charge in [0.25, 0.3) is 0 Å². The molecule has 0 saturated carbocycles. The second kappa shape index (κ2) is 3.95. The third-order valence-electron chi connectivity index (χ3n) is 3.14. The summed E-state index contributed by atoms with van der Waals surface area (Å²) >= 11 is 0. The Morgan fingerprint density at radius 1 is 1.54 bits per heavy atom. The Kier molecular flexibility index (Phi) is 2.86. The Balaban J connectivity index is 1.80. The molecule has 0 aliphatic carbocycles. The molecule has 2 aliphatic rings. The van der Waals surface area contributed by atoms with E-state index in [1.807, 2.05) is 0 Å². The first-order valence-electron chi connectivity index (χ1n) is 5.29. The third kappa shape index (κ3) is 2.22. The fourth-order valence-corrected chi connectivity index (χ4v) is 2.37. The predicted molar refractivity (Wildman–Crippen MR) is 50.6 cm³/mol. The number of aliphatic hydroxyl groups is 1. The van der Waals surface area contributed by atoms with E-state index in [4.69, 9.17) is 4.74 Å². The molecule has 1 N–H and O–H groups in total. The quantitative estimate of drug-likeness (QED) is 0.684. The SMILES string of the molecule is CC1CC(O)CN1CC1CCCO1. The molecule has 3 atom stereocenters. The van der Waals surface area contributed by atoms with E-state index in [9.17, 15) is 5.11 Å². The zero-order valence-corrected chi connectivity index (χ0v) is 8.28. The van der Waals surface area contributed by atoms with Crippen molar-refractivity contribution in [2.24, 2.45) is 0 Å². The zero-order chi connectivity index (χ0) is 9.26. The van der Waals surface area contributed by atoms with E-state index in [2.05, 4.69) is 11.8 Å². The highest BCUT2D eigenvalue weighted by Gasteiger charge is 2.30. The van der Waals surface area contributed by atoms with E-state index < -0.39 is 0 Å². The van der Waals surface area contributed by atoms with E-state index >= 15 is 0 Å². The Labute approximate surface area is 79.7 Å². The number of nitrogens with zero attached hydrogens (tertiary/aromatic N) is 1. The highest BCUT2D eigenvalue weighted by atomic mass is 16.5. The van der Waals surface area contributed by atoms with Crippen molar-refractivity contribution >= 4 is 0 Å². The number of hydrogen-bond acceptors (Lipinski definition) is 3. The molecule has 0 aromatic carbocycles. The monoisotopic (exact) mass is 185 g/mol. The van der Waals surface area contributed by atoms with Crippen molar-refractivity contribution < 1.29 is 9.84 Å². The van der Waals surface area contributed by atoms with E-state index in [0.717, 1.165) is 26.1 Å². The van der Waals surface area contributed by atoms with Crippen LogP contribution in [0.4, 0.5) is 0 Å². The van der Waals surface area contributed by atoms with Crippen LogP contribution in [-0.2, 0) is 4.74 Å². The fraction of sp³-hybridized carbons (Fsp3) is 1.00. The van der Waals surface area contributed by atoms with Crippen LogP contribution in [0.1, 0.15) is 26.2 Å². The molecule has 2 heterocycles. The first-order valence-corrected chi connectivity index (χ1v) is 5.29. The van der Waals surface area contributed by atoms with Crippen molar-refractivity contribution in [1.82, 2.24) is 4.90 Å². The lowest BCUT2D eigenvalue weighted by Crippen LogP contribution is -2.35. The molecule has 76 valence electrons. The predicted octanol–water partition coefficient (Wildman–Crippen LogP) is 0.620. The van der Waals surface area contributed by atoms with Gasteiger partial charge >= 0.3 is 0 Å². The van der Waals surface area contributed by atoms with E-state index in [1.165, 1.54) is 12.8 Å². The summed E-state index contributed by atoms with van der Waals surface area (Å²) in [5.74, 6) is 0. The van der Waals surface area contributed by atoms with Gasteiger partial charge in [-0.25, -0.2) is 0 Å². The summed E-state index contributed by atoms with van der Waals surface area (Å²) in [6.45, 7) is 4.96. The smallest absolute Gasteiger partial charge is 0.0702 e. The molecule has 0 amide bonds. The molecule has 3 heteroatoms. The van der Waals surface area contributed by atoms with Crippen molar-refractivity contribution in [3.05, 3.63) is 0 Å². The number of hydrogen-bond donors (Lipinski definition) is 1. The fourth-order valence-electron chi connectivity index (χ4n) is 2.37. The van der Waals surface area contributed by atoms with Gasteiger partial charge in [-0.3, -0.25) is 4.90 Å². The lowest BCUT2D eigenvalue weighted by molar-refractivity contribution is 0.0673. The lowest BCUT2D eigenvalue weighted by Gasteiger charge is -2.23. The van der Waals surface area contributed by atoms with Crippen LogP contribution in [0, 0.1) is 0 Å². The van der Waals surface area contributed by atoms with Crippen molar-refractivity contribution in [2.45, 2.75) is 44.4 Å². The van der Waals surface area contributed by atoms with Crippen molar-refractivity contribution in [1.29, 1.82) is 0 Å². The molecule has 3 unspecified atom stereocenters. The van der Waals surface area contributed by atoms with Crippen LogP contribution in [-0.4, -0.2) is 48.0 Å². The largest absolute Gasteiger partial charge is 0.392 e. The lowest BCUT2D eigenvalue weighted by atomic mass is 10.2. The Morgan fingerprint density at radius 3 is 2.92 bits per heavy atom. The van der Waals surface area contributed by atoms with Crippen LogP contribution in [0.15, 0.2) is 0 Å². The Morgan fingerprint density at radius 2 is 2.38 bits per heavy atom. The summed E-state index contributed by atoms with van der Waals surface area (Å²) in [6, 6.07) is 0.527. The van der Waals surface area contributed by atoms with Gasteiger partial charge in [0.05, 0.1) is 12.2 Å². The zero-order valence-electron chi connectivity index (χ0n) is 8.28. The maximum absolute atomic E-state index is 9.46. The topological polar surface area (TPSA) is 32.7 Å². The van der Waals surface area contributed by atoms with Crippen LogP contribution in [0.2, 0.25) is 0 Å². The van der Waals surface area contributed by atoms with Gasteiger partial charge in [0.15, 0.2) is 0 Å². The van der Waals surface area contributed by atoms with Crippen LogP contribution >= 0.6 is 0 Å². The summed E-state index contributed by atoms with van der Waals surface area (Å²) in [4.78, 5) is 2.35. The number of β-amino-alcohol motifs (C(OH)–C–C–N with tert-alkyl or cyclic N) is 1. The van der Waals surface area contributed by atoms with Gasteiger partial charge in [-0.05, 0) is 26.2 Å². The summed E-state index contributed by atoms with van der Waals surface area (Å²) in [6.07, 6.45) is 3.63. The van der Waals surface area contributed by atoms with Crippen LogP contribution < -0.4 is 0 Å². The molecule has 0 bridgehead atoms. The molecular formula is C10H19NO2. The maximum atomic E-state index is 9.46. The Bertz CT molecular complexity index is 168. The highest BCUT2D eigenvalue weighted by Crippen LogP contribution is 2.21. The molecule has 2 saturated heterocycles. The van der Waals surface area contributed by atoms with Gasteiger partial charge in [-0.2, -0.15) is 0 Å². The molecule has 3 nitrogen and oxygen atoms in total. The first kappa shape index (κ1) is 9.44. The molecular weight excluding hydrogens is 166 g/mol. The van der Waals surface area contributed by atoms with Gasteiger partial charge in [0.1, 0.15) is 0 Å². The third-order valence-corrected chi connectivity index (χ3v) is 3.14. The molecule has 0 aromatic rings. The number of aliphatic hydroxyl groups excluding tert-OH is 1. The first-order chi connectivity index (χ1) is 6.25. The van der Waals surface area contributed by atoms with Crippen LogP contribution in [0.5, 0.6) is 0 Å². The van der Waals surface area contributed by atoms with E-state index in [1.54, 1.807) is 0 Å². The Hall–Kier alpha value is -0.120. The number of rotatable bonds is 2. The molecule has 2 aliphatic heterocycles. The van der Waals surface area contributed by atoms with E-state index in [-0.39, 0.29) is 6.10 Å². The molecule has 0 radical (unpaired) electrons. The standard InChI is InChI=1S/C10H19NO2/c1-8-5-9(12)6-11(8)7-10-3-2-4-13-10/h8-10,12H,2-7H2,1H3. The van der Waals surface area contributed by atoms with Gasteiger partial charge < -0.3 is 9.84 Å². The van der Waals surface area contributed by atoms with Gasteiger partial charge in [-0.1, -0.05) is 0 Å². The molecule has 0 spiro atoms. The van der Waals surface area contributed by atoms with Crippen LogP contribution in [0.3, 0.4) is 0 Å². The second-order valence-electron chi connectivity index (χ2n) is 4.33. The molecule has 0 aromatic heterocycles. The van der Waals surface area contributed by atoms with Crippen LogP contribution in [0.25, 0.3) is 0 Å². The van der Waals surface area contributed by atoms with Crippen molar-refractivity contribution in [3.63, 3.8) is 0 Å². The summed E-state index contributed by atoms with van der Waals surface area (Å²) < 4.78 is 5.58. The molecule has 13 heavy (non-hydrogen) atoms. The minimum Gasteiger partial charge on any atom is -0.392 e.